The number of hydrogen-bond acceptors (Lipinski definition) is 5. The number of hydrogen-bond donors (Lipinski definition) is 0. The van der Waals surface area contributed by atoms with Crippen LogP contribution in [0.3, 0.4) is 0 Å². The van der Waals surface area contributed by atoms with E-state index in [2.05, 4.69) is 0 Å². The minimum atomic E-state index is -3.61. The van der Waals surface area contributed by atoms with Gasteiger partial charge in [-0.25, -0.2) is 13.2 Å². The van der Waals surface area contributed by atoms with E-state index in [0.717, 1.165) is 0 Å². The summed E-state index contributed by atoms with van der Waals surface area (Å²) in [6.07, 6.45) is 0. The standard InChI is InChI=1S/C19H19Cl2NO5S/c1-3-22(4-2)28(25,26)15-8-5-13(6-9-15)19(24)27-12-18(23)16-10-7-14(20)11-17(16)21/h5-11H,3-4,12H2,1-2H3. The quantitative estimate of drug-likeness (QED) is 0.453. The minimum absolute atomic E-state index is 0.0803. The average Bonchev–Trinajstić information content (AvgIpc) is 2.66. The maximum atomic E-state index is 12.4. The molecule has 0 spiro atoms. The van der Waals surface area contributed by atoms with Gasteiger partial charge in [-0.2, -0.15) is 4.31 Å². The van der Waals surface area contributed by atoms with Gasteiger partial charge in [-0.3, -0.25) is 4.79 Å². The topological polar surface area (TPSA) is 80.8 Å². The number of Topliss-reactive ketones (excluding diaryl/α,β-unsaturated/α-hetero) is 1. The molecule has 0 fully saturated rings. The molecule has 0 aliphatic carbocycles. The Kier molecular flexibility index (Phi) is 7.60. The van der Waals surface area contributed by atoms with Gasteiger partial charge in [-0.1, -0.05) is 37.0 Å². The van der Waals surface area contributed by atoms with Crippen molar-refractivity contribution >= 4 is 45.0 Å². The van der Waals surface area contributed by atoms with Crippen LogP contribution in [-0.4, -0.2) is 44.2 Å². The predicted molar refractivity (Wildman–Crippen MR) is 108 cm³/mol. The van der Waals surface area contributed by atoms with Crippen LogP contribution in [0.1, 0.15) is 34.6 Å². The minimum Gasteiger partial charge on any atom is -0.454 e. The van der Waals surface area contributed by atoms with Crippen LogP contribution in [0.25, 0.3) is 0 Å². The molecule has 0 heterocycles. The zero-order valence-corrected chi connectivity index (χ0v) is 17.6. The first-order valence-corrected chi connectivity index (χ1v) is 10.7. The summed E-state index contributed by atoms with van der Waals surface area (Å²) < 4.78 is 31.2. The van der Waals surface area contributed by atoms with Crippen LogP contribution in [0.15, 0.2) is 47.4 Å². The molecule has 28 heavy (non-hydrogen) atoms. The Morgan fingerprint density at radius 2 is 1.61 bits per heavy atom. The van der Waals surface area contributed by atoms with Gasteiger partial charge in [0.25, 0.3) is 0 Å². The van der Waals surface area contributed by atoms with Gasteiger partial charge >= 0.3 is 5.97 Å². The maximum Gasteiger partial charge on any atom is 0.338 e. The molecule has 0 bridgehead atoms. The molecule has 2 aromatic rings. The molecule has 2 aromatic carbocycles. The van der Waals surface area contributed by atoms with E-state index in [-0.39, 0.29) is 21.0 Å². The van der Waals surface area contributed by atoms with Crippen LogP contribution in [0.2, 0.25) is 10.0 Å². The number of rotatable bonds is 8. The molecule has 0 amide bonds. The Hall–Kier alpha value is -1.93. The van der Waals surface area contributed by atoms with Gasteiger partial charge in [0.05, 0.1) is 15.5 Å². The van der Waals surface area contributed by atoms with Crippen molar-refractivity contribution in [2.75, 3.05) is 19.7 Å². The third kappa shape index (κ3) is 5.11. The molecule has 150 valence electrons. The van der Waals surface area contributed by atoms with Crippen LogP contribution in [-0.2, 0) is 14.8 Å². The van der Waals surface area contributed by atoms with Crippen molar-refractivity contribution in [2.45, 2.75) is 18.7 Å². The SMILES string of the molecule is CCN(CC)S(=O)(=O)c1ccc(C(=O)OCC(=O)c2ccc(Cl)cc2Cl)cc1. The van der Waals surface area contributed by atoms with Gasteiger partial charge in [-0.05, 0) is 42.5 Å². The first kappa shape index (κ1) is 22.4. The van der Waals surface area contributed by atoms with E-state index in [4.69, 9.17) is 27.9 Å². The highest BCUT2D eigenvalue weighted by atomic mass is 35.5. The van der Waals surface area contributed by atoms with Crippen molar-refractivity contribution in [3.8, 4) is 0 Å². The molecule has 0 aromatic heterocycles. The van der Waals surface area contributed by atoms with Gasteiger partial charge < -0.3 is 4.74 Å². The van der Waals surface area contributed by atoms with Gasteiger partial charge in [0.1, 0.15) is 0 Å². The van der Waals surface area contributed by atoms with E-state index in [0.29, 0.717) is 18.1 Å². The molecule has 9 heteroatoms. The number of carbonyl (C=O) groups is 2. The Bertz CT molecular complexity index is 970. The number of halogens is 2. The van der Waals surface area contributed by atoms with E-state index < -0.39 is 28.4 Å². The van der Waals surface area contributed by atoms with Crippen LogP contribution in [0.5, 0.6) is 0 Å². The van der Waals surface area contributed by atoms with Crippen LogP contribution in [0, 0.1) is 0 Å². The summed E-state index contributed by atoms with van der Waals surface area (Å²) in [5.74, 6) is -1.22. The first-order chi connectivity index (χ1) is 13.2. The zero-order chi connectivity index (χ0) is 20.9. The third-order valence-electron chi connectivity index (χ3n) is 4.00. The lowest BCUT2D eigenvalue weighted by atomic mass is 10.1. The van der Waals surface area contributed by atoms with E-state index in [9.17, 15) is 18.0 Å². The summed E-state index contributed by atoms with van der Waals surface area (Å²) in [5, 5.41) is 0.554. The molecule has 0 saturated carbocycles. The van der Waals surface area contributed by atoms with Crippen molar-refractivity contribution in [3.63, 3.8) is 0 Å². The first-order valence-electron chi connectivity index (χ1n) is 8.46. The van der Waals surface area contributed by atoms with Crippen molar-refractivity contribution in [3.05, 3.63) is 63.6 Å². The summed E-state index contributed by atoms with van der Waals surface area (Å²) >= 11 is 11.7. The molecule has 6 nitrogen and oxygen atoms in total. The molecular weight excluding hydrogens is 425 g/mol. The van der Waals surface area contributed by atoms with Crippen LogP contribution < -0.4 is 0 Å². The number of ether oxygens (including phenoxy) is 1. The molecule has 2 rings (SSSR count). The van der Waals surface area contributed by atoms with Gasteiger partial charge in [-0.15, -0.1) is 0 Å². The Morgan fingerprint density at radius 3 is 2.14 bits per heavy atom. The summed E-state index contributed by atoms with van der Waals surface area (Å²) in [4.78, 5) is 24.4. The van der Waals surface area contributed by atoms with E-state index in [1.54, 1.807) is 13.8 Å². The highest BCUT2D eigenvalue weighted by Gasteiger charge is 2.22. The lowest BCUT2D eigenvalue weighted by Gasteiger charge is -2.18. The molecule has 0 N–H and O–H groups in total. The molecule has 0 aliphatic heterocycles. The Labute approximate surface area is 174 Å². The summed E-state index contributed by atoms with van der Waals surface area (Å²) in [6.45, 7) is 3.68. The predicted octanol–water partition coefficient (Wildman–Crippen LogP) is 4.06. The fraction of sp³-hybridized carbons (Fsp3) is 0.263. The Morgan fingerprint density at radius 1 is 1.00 bits per heavy atom. The van der Waals surface area contributed by atoms with Gasteiger partial charge in [0.2, 0.25) is 15.8 Å². The molecule has 0 radical (unpaired) electrons. The lowest BCUT2D eigenvalue weighted by molar-refractivity contribution is 0.0474. The molecule has 0 aliphatic rings. The van der Waals surface area contributed by atoms with Crippen molar-refractivity contribution in [2.24, 2.45) is 0 Å². The zero-order valence-electron chi connectivity index (χ0n) is 15.3. The van der Waals surface area contributed by atoms with Gasteiger partial charge in [0, 0.05) is 23.7 Å². The van der Waals surface area contributed by atoms with Crippen molar-refractivity contribution in [1.29, 1.82) is 0 Å². The second kappa shape index (κ2) is 9.52. The molecule has 0 atom stereocenters. The fourth-order valence-corrected chi connectivity index (χ4v) is 4.46. The second-order valence-corrected chi connectivity index (χ2v) is 8.52. The normalized spacial score (nSPS) is 11.5. The third-order valence-corrected chi connectivity index (χ3v) is 6.61. The summed E-state index contributed by atoms with van der Waals surface area (Å²) in [5.41, 5.74) is 0.327. The molecule has 0 unspecified atom stereocenters. The number of esters is 1. The monoisotopic (exact) mass is 443 g/mol. The Balaban J connectivity index is 2.06. The van der Waals surface area contributed by atoms with Crippen LogP contribution >= 0.6 is 23.2 Å². The smallest absolute Gasteiger partial charge is 0.338 e. The fourth-order valence-electron chi connectivity index (χ4n) is 2.48. The number of ketones is 1. The van der Waals surface area contributed by atoms with Crippen molar-refractivity contribution in [1.82, 2.24) is 4.31 Å². The largest absolute Gasteiger partial charge is 0.454 e. The summed E-state index contributed by atoms with van der Waals surface area (Å²) in [7, 11) is -3.61. The van der Waals surface area contributed by atoms with E-state index in [1.165, 1.54) is 46.8 Å². The second-order valence-electron chi connectivity index (χ2n) is 5.74. The number of benzene rings is 2. The van der Waals surface area contributed by atoms with E-state index in [1.807, 2.05) is 0 Å². The number of sulfonamides is 1. The van der Waals surface area contributed by atoms with Gasteiger partial charge in [0.15, 0.2) is 6.61 Å². The highest BCUT2D eigenvalue weighted by molar-refractivity contribution is 7.89. The average molecular weight is 444 g/mol. The number of nitrogens with zero attached hydrogens (tertiary/aromatic N) is 1. The maximum absolute atomic E-state index is 12.4. The van der Waals surface area contributed by atoms with Crippen molar-refractivity contribution < 1.29 is 22.7 Å². The molecular formula is C19H19Cl2NO5S. The number of carbonyl (C=O) groups excluding carboxylic acids is 2. The lowest BCUT2D eigenvalue weighted by Crippen LogP contribution is -2.30. The highest BCUT2D eigenvalue weighted by Crippen LogP contribution is 2.22. The summed E-state index contributed by atoms with van der Waals surface area (Å²) in [6, 6.07) is 9.75. The van der Waals surface area contributed by atoms with Crippen LogP contribution in [0.4, 0.5) is 0 Å². The van der Waals surface area contributed by atoms with E-state index >= 15 is 0 Å². The molecule has 0 saturated heterocycles.